The molecule has 0 amide bonds. The van der Waals surface area contributed by atoms with Gasteiger partial charge in [0.15, 0.2) is 0 Å². The van der Waals surface area contributed by atoms with E-state index in [0.717, 1.165) is 4.31 Å². The van der Waals surface area contributed by atoms with E-state index in [0.29, 0.717) is 11.1 Å². The zero-order valence-electron chi connectivity index (χ0n) is 13.3. The van der Waals surface area contributed by atoms with Crippen LogP contribution in [0.5, 0.6) is 0 Å². The molecule has 0 aliphatic carbocycles. The summed E-state index contributed by atoms with van der Waals surface area (Å²) in [5.41, 5.74) is 1.11. The summed E-state index contributed by atoms with van der Waals surface area (Å²) in [5.74, 6) is -0.714. The Hall–Kier alpha value is -2.69. The summed E-state index contributed by atoms with van der Waals surface area (Å²) in [6.07, 6.45) is 0. The van der Waals surface area contributed by atoms with E-state index < -0.39 is 16.0 Å². The Morgan fingerprint density at radius 2 is 1.92 bits per heavy atom. The molecule has 2 aromatic carbocycles. The quantitative estimate of drug-likeness (QED) is 0.776. The van der Waals surface area contributed by atoms with E-state index in [1.165, 1.54) is 26.3 Å². The molecule has 6 nitrogen and oxygen atoms in total. The Labute approximate surface area is 141 Å². The van der Waals surface area contributed by atoms with Gasteiger partial charge < -0.3 is 4.74 Å². The van der Waals surface area contributed by atoms with Crippen LogP contribution in [0.15, 0.2) is 53.4 Å². The third kappa shape index (κ3) is 3.62. The van der Waals surface area contributed by atoms with E-state index in [4.69, 9.17) is 5.26 Å². The van der Waals surface area contributed by atoms with Crippen molar-refractivity contribution in [3.63, 3.8) is 0 Å². The molecule has 0 N–H and O–H groups in total. The number of ether oxygens (including phenoxy) is 1. The Balaban J connectivity index is 2.37. The Morgan fingerprint density at radius 3 is 2.58 bits per heavy atom. The molecular weight excluding hydrogens is 328 g/mol. The van der Waals surface area contributed by atoms with Crippen LogP contribution < -0.4 is 0 Å². The van der Waals surface area contributed by atoms with E-state index in [9.17, 15) is 13.2 Å². The second-order valence-electron chi connectivity index (χ2n) is 5.06. The van der Waals surface area contributed by atoms with Crippen molar-refractivity contribution in [2.75, 3.05) is 14.2 Å². The van der Waals surface area contributed by atoms with Gasteiger partial charge in [0.05, 0.1) is 29.2 Å². The molecule has 0 bridgehead atoms. The minimum atomic E-state index is -3.89. The highest BCUT2D eigenvalue weighted by Crippen LogP contribution is 2.21. The first-order chi connectivity index (χ1) is 11.4. The molecule has 24 heavy (non-hydrogen) atoms. The first-order valence-electron chi connectivity index (χ1n) is 7.03. The highest BCUT2D eigenvalue weighted by molar-refractivity contribution is 7.89. The number of rotatable bonds is 5. The van der Waals surface area contributed by atoms with Crippen LogP contribution >= 0.6 is 0 Å². The lowest BCUT2D eigenvalue weighted by atomic mass is 10.1. The molecule has 0 aromatic heterocycles. The molecule has 0 saturated heterocycles. The summed E-state index contributed by atoms with van der Waals surface area (Å²) >= 11 is 0. The molecule has 0 saturated carbocycles. The minimum Gasteiger partial charge on any atom is -0.465 e. The number of hydrogen-bond acceptors (Lipinski definition) is 5. The van der Waals surface area contributed by atoms with E-state index in [-0.39, 0.29) is 17.0 Å². The van der Waals surface area contributed by atoms with Crippen LogP contribution in [-0.2, 0) is 21.3 Å². The average Bonchev–Trinajstić information content (AvgIpc) is 2.61. The maximum absolute atomic E-state index is 12.8. The van der Waals surface area contributed by atoms with E-state index in [1.807, 2.05) is 6.07 Å². The molecule has 0 heterocycles. The fourth-order valence-corrected chi connectivity index (χ4v) is 3.55. The zero-order valence-corrected chi connectivity index (χ0v) is 14.1. The predicted molar refractivity (Wildman–Crippen MR) is 87.6 cm³/mol. The van der Waals surface area contributed by atoms with Gasteiger partial charge in [0, 0.05) is 13.6 Å². The normalized spacial score (nSPS) is 11.1. The molecule has 0 atom stereocenters. The summed E-state index contributed by atoms with van der Waals surface area (Å²) in [6, 6.07) is 14.6. The molecule has 124 valence electrons. The SMILES string of the molecule is COC(=O)c1ccccc1S(=O)(=O)N(C)Cc1cccc(C#N)c1. The minimum absolute atomic E-state index is 0.0161. The Kier molecular flexibility index (Phi) is 5.34. The largest absolute Gasteiger partial charge is 0.465 e. The molecule has 0 aliphatic heterocycles. The second kappa shape index (κ2) is 7.25. The van der Waals surface area contributed by atoms with Crippen LogP contribution in [-0.4, -0.2) is 32.8 Å². The lowest BCUT2D eigenvalue weighted by molar-refractivity contribution is 0.0596. The number of hydrogen-bond donors (Lipinski definition) is 0. The first kappa shape index (κ1) is 17.7. The van der Waals surface area contributed by atoms with Crippen LogP contribution in [0.3, 0.4) is 0 Å². The van der Waals surface area contributed by atoms with Crippen LogP contribution in [0.4, 0.5) is 0 Å². The fraction of sp³-hybridized carbons (Fsp3) is 0.176. The van der Waals surface area contributed by atoms with Gasteiger partial charge in [-0.3, -0.25) is 0 Å². The standard InChI is InChI=1S/C17H16N2O4S/c1-19(12-14-7-5-6-13(10-14)11-18)24(21,22)16-9-4-3-8-15(16)17(20)23-2/h3-10H,12H2,1-2H3. The molecule has 0 radical (unpaired) electrons. The third-order valence-corrected chi connectivity index (χ3v) is 5.30. The first-order valence-corrected chi connectivity index (χ1v) is 8.47. The average molecular weight is 344 g/mol. The summed E-state index contributed by atoms with van der Waals surface area (Å²) in [5, 5.41) is 8.93. The number of sulfonamides is 1. The molecule has 0 aliphatic rings. The second-order valence-corrected chi connectivity index (χ2v) is 7.07. The molecule has 0 fully saturated rings. The van der Waals surface area contributed by atoms with Gasteiger partial charge in [0.25, 0.3) is 0 Å². The number of carbonyl (C=O) groups is 1. The number of nitrogens with zero attached hydrogens (tertiary/aromatic N) is 2. The topological polar surface area (TPSA) is 87.5 Å². The van der Waals surface area contributed by atoms with Gasteiger partial charge in [-0.05, 0) is 29.8 Å². The van der Waals surface area contributed by atoms with Gasteiger partial charge in [-0.2, -0.15) is 9.57 Å². The van der Waals surface area contributed by atoms with Crippen LogP contribution in [0.1, 0.15) is 21.5 Å². The summed E-state index contributed by atoms with van der Waals surface area (Å²) in [4.78, 5) is 11.7. The van der Waals surface area contributed by atoms with Gasteiger partial charge in [0.1, 0.15) is 0 Å². The number of esters is 1. The summed E-state index contributed by atoms with van der Waals surface area (Å²) in [6.45, 7) is 0.0767. The van der Waals surface area contributed by atoms with E-state index in [1.54, 1.807) is 36.4 Å². The fourth-order valence-electron chi connectivity index (χ4n) is 2.22. The maximum Gasteiger partial charge on any atom is 0.339 e. The van der Waals surface area contributed by atoms with E-state index in [2.05, 4.69) is 4.74 Å². The van der Waals surface area contributed by atoms with E-state index >= 15 is 0 Å². The monoisotopic (exact) mass is 344 g/mol. The smallest absolute Gasteiger partial charge is 0.339 e. The highest BCUT2D eigenvalue weighted by atomic mass is 32.2. The number of nitriles is 1. The van der Waals surface area contributed by atoms with Crippen molar-refractivity contribution in [1.29, 1.82) is 5.26 Å². The van der Waals surface area contributed by atoms with Gasteiger partial charge in [-0.15, -0.1) is 0 Å². The molecule has 0 spiro atoms. The van der Waals surface area contributed by atoms with Gasteiger partial charge in [0.2, 0.25) is 10.0 Å². The molecule has 2 aromatic rings. The zero-order chi connectivity index (χ0) is 17.7. The molecule has 2 rings (SSSR count). The summed E-state index contributed by atoms with van der Waals surface area (Å²) in [7, 11) is -1.28. The highest BCUT2D eigenvalue weighted by Gasteiger charge is 2.26. The molecule has 0 unspecified atom stereocenters. The van der Waals surface area contributed by atoms with Crippen LogP contribution in [0, 0.1) is 11.3 Å². The maximum atomic E-state index is 12.8. The predicted octanol–water partition coefficient (Wildman–Crippen LogP) is 2.17. The number of methoxy groups -OCH3 is 1. The Morgan fingerprint density at radius 1 is 1.21 bits per heavy atom. The third-order valence-electron chi connectivity index (χ3n) is 3.44. The lowest BCUT2D eigenvalue weighted by Crippen LogP contribution is -2.28. The van der Waals surface area contributed by atoms with Crippen molar-refractivity contribution < 1.29 is 17.9 Å². The van der Waals surface area contributed by atoms with Gasteiger partial charge in [-0.1, -0.05) is 24.3 Å². The van der Waals surface area contributed by atoms with Crippen LogP contribution in [0.2, 0.25) is 0 Å². The number of benzene rings is 2. The van der Waals surface area contributed by atoms with Crippen molar-refractivity contribution in [3.05, 3.63) is 65.2 Å². The van der Waals surface area contributed by atoms with Gasteiger partial charge >= 0.3 is 5.97 Å². The lowest BCUT2D eigenvalue weighted by Gasteiger charge is -2.19. The van der Waals surface area contributed by atoms with Crippen molar-refractivity contribution in [2.45, 2.75) is 11.4 Å². The molecular formula is C17H16N2O4S. The van der Waals surface area contributed by atoms with Crippen molar-refractivity contribution in [2.24, 2.45) is 0 Å². The number of carbonyl (C=O) groups excluding carboxylic acids is 1. The van der Waals surface area contributed by atoms with Crippen LogP contribution in [0.25, 0.3) is 0 Å². The summed E-state index contributed by atoms with van der Waals surface area (Å²) < 4.78 is 31.3. The van der Waals surface area contributed by atoms with Gasteiger partial charge in [-0.25, -0.2) is 13.2 Å². The van der Waals surface area contributed by atoms with Crippen molar-refractivity contribution in [1.82, 2.24) is 4.31 Å². The van der Waals surface area contributed by atoms with Crippen molar-refractivity contribution in [3.8, 4) is 6.07 Å². The Bertz CT molecular complexity index is 901. The van der Waals surface area contributed by atoms with Crippen molar-refractivity contribution >= 4 is 16.0 Å². The molecule has 7 heteroatoms.